The van der Waals surface area contributed by atoms with Gasteiger partial charge in [-0.3, -0.25) is 14.4 Å². The summed E-state index contributed by atoms with van der Waals surface area (Å²) in [5.74, 6) is -2.22. The highest BCUT2D eigenvalue weighted by molar-refractivity contribution is 5.89. The summed E-state index contributed by atoms with van der Waals surface area (Å²) in [4.78, 5) is 39.1. The zero-order chi connectivity index (χ0) is 18.6. The minimum atomic E-state index is -0.968. The SMILES string of the molecule is CC(CN(C)C(=O)[C@@H]1[C@@H](C)OCC(=O)N1Cc1ccccc1)C(=O)O. The molecule has 1 heterocycles. The number of benzene rings is 1. The molecule has 1 aliphatic rings. The van der Waals surface area contributed by atoms with Crippen LogP contribution in [0.15, 0.2) is 30.3 Å². The fourth-order valence-electron chi connectivity index (χ4n) is 2.89. The molecule has 0 radical (unpaired) electrons. The van der Waals surface area contributed by atoms with E-state index in [2.05, 4.69) is 0 Å². The van der Waals surface area contributed by atoms with Gasteiger partial charge in [0.15, 0.2) is 0 Å². The number of carbonyl (C=O) groups excluding carboxylic acids is 2. The topological polar surface area (TPSA) is 87.2 Å². The van der Waals surface area contributed by atoms with Crippen LogP contribution in [0.25, 0.3) is 0 Å². The molecule has 1 unspecified atom stereocenters. The molecule has 3 atom stereocenters. The van der Waals surface area contributed by atoms with Gasteiger partial charge in [0.1, 0.15) is 12.6 Å². The molecular formula is C18H24N2O5. The summed E-state index contributed by atoms with van der Waals surface area (Å²) in [6.45, 7) is 3.62. The molecule has 7 nitrogen and oxygen atoms in total. The number of ether oxygens (including phenoxy) is 1. The lowest BCUT2D eigenvalue weighted by atomic mass is 10.0. The first kappa shape index (κ1) is 18.9. The molecule has 136 valence electrons. The Hall–Kier alpha value is -2.41. The predicted molar refractivity (Wildman–Crippen MR) is 90.6 cm³/mol. The van der Waals surface area contributed by atoms with Crippen molar-refractivity contribution in [1.82, 2.24) is 9.80 Å². The van der Waals surface area contributed by atoms with E-state index in [1.165, 1.54) is 9.80 Å². The van der Waals surface area contributed by atoms with Crippen LogP contribution in [0.5, 0.6) is 0 Å². The fraction of sp³-hybridized carbons (Fsp3) is 0.500. The maximum Gasteiger partial charge on any atom is 0.308 e. The molecule has 7 heteroatoms. The Morgan fingerprint density at radius 1 is 1.36 bits per heavy atom. The monoisotopic (exact) mass is 348 g/mol. The van der Waals surface area contributed by atoms with E-state index in [0.29, 0.717) is 6.54 Å². The van der Waals surface area contributed by atoms with Gasteiger partial charge >= 0.3 is 5.97 Å². The minimum Gasteiger partial charge on any atom is -0.481 e. The number of carboxylic acid groups (broad SMARTS) is 1. The largest absolute Gasteiger partial charge is 0.481 e. The van der Waals surface area contributed by atoms with Gasteiger partial charge in [-0.25, -0.2) is 0 Å². The van der Waals surface area contributed by atoms with Crippen molar-refractivity contribution in [1.29, 1.82) is 0 Å². The van der Waals surface area contributed by atoms with Crippen molar-refractivity contribution in [3.8, 4) is 0 Å². The smallest absolute Gasteiger partial charge is 0.308 e. The Kier molecular flexibility index (Phi) is 6.14. The Morgan fingerprint density at radius 2 is 2.00 bits per heavy atom. The van der Waals surface area contributed by atoms with Crippen LogP contribution in [-0.2, 0) is 25.7 Å². The molecule has 1 saturated heterocycles. The van der Waals surface area contributed by atoms with E-state index >= 15 is 0 Å². The molecule has 1 aromatic rings. The van der Waals surface area contributed by atoms with Gasteiger partial charge in [-0.1, -0.05) is 37.3 Å². The number of carbonyl (C=O) groups is 3. The van der Waals surface area contributed by atoms with Crippen molar-refractivity contribution < 1.29 is 24.2 Å². The van der Waals surface area contributed by atoms with Crippen LogP contribution in [-0.4, -0.2) is 65.0 Å². The molecule has 0 saturated carbocycles. The first-order valence-electron chi connectivity index (χ1n) is 8.24. The number of nitrogens with zero attached hydrogens (tertiary/aromatic N) is 2. The van der Waals surface area contributed by atoms with Crippen LogP contribution in [0.4, 0.5) is 0 Å². The fourth-order valence-corrected chi connectivity index (χ4v) is 2.89. The van der Waals surface area contributed by atoms with Crippen molar-refractivity contribution in [3.63, 3.8) is 0 Å². The molecule has 1 N–H and O–H groups in total. The maximum absolute atomic E-state index is 12.9. The van der Waals surface area contributed by atoms with Crippen molar-refractivity contribution in [3.05, 3.63) is 35.9 Å². The van der Waals surface area contributed by atoms with Crippen LogP contribution in [0.1, 0.15) is 19.4 Å². The van der Waals surface area contributed by atoms with Gasteiger partial charge in [0.2, 0.25) is 11.8 Å². The third-order valence-electron chi connectivity index (χ3n) is 4.36. The number of hydrogen-bond acceptors (Lipinski definition) is 4. The normalized spacial score (nSPS) is 21.7. The first-order chi connectivity index (χ1) is 11.8. The number of amides is 2. The van der Waals surface area contributed by atoms with Crippen molar-refractivity contribution >= 4 is 17.8 Å². The highest BCUT2D eigenvalue weighted by atomic mass is 16.5. The second kappa shape index (κ2) is 8.11. The summed E-state index contributed by atoms with van der Waals surface area (Å²) >= 11 is 0. The summed E-state index contributed by atoms with van der Waals surface area (Å²) in [5.41, 5.74) is 0.921. The number of morpholine rings is 1. The minimum absolute atomic E-state index is 0.0625. The summed E-state index contributed by atoms with van der Waals surface area (Å²) in [6.07, 6.45) is -0.462. The molecular weight excluding hydrogens is 324 g/mol. The molecule has 0 spiro atoms. The molecule has 2 amide bonds. The Labute approximate surface area is 147 Å². The molecule has 1 aromatic carbocycles. The summed E-state index contributed by atoms with van der Waals surface area (Å²) in [5, 5.41) is 9.04. The number of carboxylic acids is 1. The average molecular weight is 348 g/mol. The standard InChI is InChI=1S/C18H24N2O5/c1-12(18(23)24)9-19(3)17(22)16-13(2)25-11-15(21)20(16)10-14-7-5-4-6-8-14/h4-8,12-13,16H,9-11H2,1-3H3,(H,23,24)/t12?,13-,16+/m1/s1. The Balaban J connectivity index is 2.18. The zero-order valence-electron chi connectivity index (χ0n) is 14.7. The summed E-state index contributed by atoms with van der Waals surface area (Å²) in [6, 6.07) is 8.66. The molecule has 2 rings (SSSR count). The van der Waals surface area contributed by atoms with Crippen LogP contribution in [0.3, 0.4) is 0 Å². The highest BCUT2D eigenvalue weighted by Crippen LogP contribution is 2.20. The van der Waals surface area contributed by atoms with Crippen molar-refractivity contribution in [2.24, 2.45) is 5.92 Å². The zero-order valence-corrected chi connectivity index (χ0v) is 14.7. The van der Waals surface area contributed by atoms with Crippen molar-refractivity contribution in [2.75, 3.05) is 20.2 Å². The van der Waals surface area contributed by atoms with Gasteiger partial charge < -0.3 is 19.6 Å². The highest BCUT2D eigenvalue weighted by Gasteiger charge is 2.40. The Morgan fingerprint density at radius 3 is 2.60 bits per heavy atom. The van der Waals surface area contributed by atoms with E-state index < -0.39 is 24.0 Å². The summed E-state index contributed by atoms with van der Waals surface area (Å²) in [7, 11) is 1.55. The van der Waals surface area contributed by atoms with Gasteiger partial charge in [-0.05, 0) is 12.5 Å². The second-order valence-corrected chi connectivity index (χ2v) is 6.43. The van der Waals surface area contributed by atoms with E-state index in [4.69, 9.17) is 9.84 Å². The van der Waals surface area contributed by atoms with Gasteiger partial charge in [0, 0.05) is 20.1 Å². The number of aliphatic carboxylic acids is 1. The average Bonchev–Trinajstić information content (AvgIpc) is 2.58. The van der Waals surface area contributed by atoms with E-state index in [9.17, 15) is 14.4 Å². The van der Waals surface area contributed by atoms with Crippen molar-refractivity contribution in [2.45, 2.75) is 32.5 Å². The van der Waals surface area contributed by atoms with Crippen LogP contribution < -0.4 is 0 Å². The first-order valence-corrected chi connectivity index (χ1v) is 8.24. The molecule has 0 bridgehead atoms. The van der Waals surface area contributed by atoms with E-state index in [-0.39, 0.29) is 25.0 Å². The van der Waals surface area contributed by atoms with Gasteiger partial charge in [-0.15, -0.1) is 0 Å². The van der Waals surface area contributed by atoms with E-state index in [1.807, 2.05) is 30.3 Å². The molecule has 25 heavy (non-hydrogen) atoms. The lowest BCUT2D eigenvalue weighted by Gasteiger charge is -2.40. The van der Waals surface area contributed by atoms with Crippen LogP contribution in [0.2, 0.25) is 0 Å². The van der Waals surface area contributed by atoms with Crippen LogP contribution in [0, 0.1) is 5.92 Å². The van der Waals surface area contributed by atoms with Gasteiger partial charge in [0.25, 0.3) is 0 Å². The number of likely N-dealkylation sites (N-methyl/N-ethyl adjacent to an activating group) is 1. The predicted octanol–water partition coefficient (Wildman–Crippen LogP) is 0.982. The third-order valence-corrected chi connectivity index (χ3v) is 4.36. The lowest BCUT2D eigenvalue weighted by molar-refractivity contribution is -0.167. The van der Waals surface area contributed by atoms with Gasteiger partial charge in [0.05, 0.1) is 12.0 Å². The molecule has 1 aliphatic heterocycles. The van der Waals surface area contributed by atoms with Crippen LogP contribution >= 0.6 is 0 Å². The second-order valence-electron chi connectivity index (χ2n) is 6.43. The quantitative estimate of drug-likeness (QED) is 0.828. The van der Waals surface area contributed by atoms with Gasteiger partial charge in [-0.2, -0.15) is 0 Å². The third kappa shape index (κ3) is 4.57. The number of rotatable bonds is 6. The summed E-state index contributed by atoms with van der Waals surface area (Å²) < 4.78 is 5.44. The molecule has 0 aromatic heterocycles. The number of hydrogen-bond donors (Lipinski definition) is 1. The van der Waals surface area contributed by atoms with E-state index in [0.717, 1.165) is 5.56 Å². The molecule has 0 aliphatic carbocycles. The Bertz CT molecular complexity index is 634. The van der Waals surface area contributed by atoms with E-state index in [1.54, 1.807) is 20.9 Å². The lowest BCUT2D eigenvalue weighted by Crippen LogP contribution is -2.60. The maximum atomic E-state index is 12.9. The molecule has 1 fully saturated rings.